The molecule has 2 rings (SSSR count). The highest BCUT2D eigenvalue weighted by Crippen LogP contribution is 2.47. The molecule has 1 aliphatic carbocycles. The lowest BCUT2D eigenvalue weighted by atomic mass is 10.0. The van der Waals surface area contributed by atoms with Crippen LogP contribution in [0.25, 0.3) is 0 Å². The molecule has 2 N–H and O–H groups in total. The predicted octanol–water partition coefficient (Wildman–Crippen LogP) is 2.08. The van der Waals surface area contributed by atoms with E-state index in [4.69, 9.17) is 9.84 Å². The van der Waals surface area contributed by atoms with Gasteiger partial charge in [-0.2, -0.15) is 0 Å². The summed E-state index contributed by atoms with van der Waals surface area (Å²) in [5.41, 5.74) is 1.10. The number of aliphatic hydroxyl groups excluding tert-OH is 1. The molecule has 98 valence electrons. The van der Waals surface area contributed by atoms with E-state index < -0.39 is 0 Å². The topological polar surface area (TPSA) is 58.6 Å². The Bertz CT molecular complexity index is 387. The second kappa shape index (κ2) is 5.87. The van der Waals surface area contributed by atoms with E-state index in [9.17, 15) is 4.79 Å². The Kier molecular flexibility index (Phi) is 4.20. The molecular formula is C14H19NO3. The van der Waals surface area contributed by atoms with Crippen LogP contribution in [0.1, 0.15) is 24.8 Å². The van der Waals surface area contributed by atoms with Gasteiger partial charge >= 0.3 is 6.09 Å². The molecule has 0 radical (unpaired) electrons. The van der Waals surface area contributed by atoms with Crippen LogP contribution in [-0.4, -0.2) is 24.4 Å². The zero-order valence-corrected chi connectivity index (χ0v) is 10.4. The zero-order chi connectivity index (χ0) is 12.8. The average molecular weight is 249 g/mol. The summed E-state index contributed by atoms with van der Waals surface area (Å²) >= 11 is 0. The molecule has 0 heterocycles. The third kappa shape index (κ3) is 3.74. The summed E-state index contributed by atoms with van der Waals surface area (Å²) in [4.78, 5) is 11.5. The van der Waals surface area contributed by atoms with Crippen molar-refractivity contribution in [2.24, 2.45) is 5.41 Å². The van der Waals surface area contributed by atoms with Gasteiger partial charge in [-0.15, -0.1) is 0 Å². The molecule has 0 aromatic heterocycles. The molecule has 1 aliphatic rings. The fourth-order valence-corrected chi connectivity index (χ4v) is 1.96. The molecule has 1 aromatic carbocycles. The van der Waals surface area contributed by atoms with Gasteiger partial charge in [0.15, 0.2) is 0 Å². The van der Waals surface area contributed by atoms with E-state index in [0.717, 1.165) is 24.8 Å². The number of ether oxygens (including phenoxy) is 1. The lowest BCUT2D eigenvalue weighted by Gasteiger charge is -2.14. The maximum absolute atomic E-state index is 11.5. The zero-order valence-electron chi connectivity index (χ0n) is 10.4. The number of amides is 1. The first kappa shape index (κ1) is 12.9. The summed E-state index contributed by atoms with van der Waals surface area (Å²) in [5, 5.41) is 11.7. The van der Waals surface area contributed by atoms with E-state index in [1.807, 2.05) is 30.3 Å². The van der Waals surface area contributed by atoms with Crippen LogP contribution in [0.5, 0.6) is 0 Å². The molecule has 0 atom stereocenters. The first-order chi connectivity index (χ1) is 8.74. The number of nitrogens with one attached hydrogen (secondary N) is 1. The quantitative estimate of drug-likeness (QED) is 0.811. The van der Waals surface area contributed by atoms with Crippen LogP contribution in [0.4, 0.5) is 4.79 Å². The van der Waals surface area contributed by atoms with Crippen LogP contribution < -0.4 is 5.32 Å². The van der Waals surface area contributed by atoms with Crippen LogP contribution >= 0.6 is 0 Å². The number of benzene rings is 1. The Balaban J connectivity index is 1.67. The molecule has 4 heteroatoms. The van der Waals surface area contributed by atoms with Crippen molar-refractivity contribution in [3.05, 3.63) is 35.9 Å². The number of carbonyl (C=O) groups is 1. The SMILES string of the molecule is O=C(NCC1(CCO)CC1)OCc1ccccc1. The van der Waals surface area contributed by atoms with Gasteiger partial charge in [-0.25, -0.2) is 4.79 Å². The monoisotopic (exact) mass is 249 g/mol. The van der Waals surface area contributed by atoms with Crippen LogP contribution in [0, 0.1) is 5.41 Å². The highest BCUT2D eigenvalue weighted by atomic mass is 16.5. The number of alkyl carbamates (subject to hydrolysis) is 1. The Morgan fingerprint density at radius 2 is 2.06 bits per heavy atom. The molecule has 1 saturated carbocycles. The van der Waals surface area contributed by atoms with Crippen molar-refractivity contribution in [1.29, 1.82) is 0 Å². The fourth-order valence-electron chi connectivity index (χ4n) is 1.96. The van der Waals surface area contributed by atoms with Gasteiger partial charge in [-0.05, 0) is 30.2 Å². The van der Waals surface area contributed by atoms with Crippen LogP contribution in [0.3, 0.4) is 0 Å². The molecule has 0 unspecified atom stereocenters. The molecule has 0 saturated heterocycles. The van der Waals surface area contributed by atoms with Gasteiger partial charge in [0.2, 0.25) is 0 Å². The van der Waals surface area contributed by atoms with Crippen molar-refractivity contribution in [3.8, 4) is 0 Å². The summed E-state index contributed by atoms with van der Waals surface area (Å²) in [5.74, 6) is 0. The highest BCUT2D eigenvalue weighted by Gasteiger charge is 2.41. The summed E-state index contributed by atoms with van der Waals surface area (Å²) in [7, 11) is 0. The highest BCUT2D eigenvalue weighted by molar-refractivity contribution is 5.67. The lowest BCUT2D eigenvalue weighted by molar-refractivity contribution is 0.136. The van der Waals surface area contributed by atoms with Crippen molar-refractivity contribution in [1.82, 2.24) is 5.32 Å². The van der Waals surface area contributed by atoms with Gasteiger partial charge in [0.25, 0.3) is 0 Å². The molecule has 0 aliphatic heterocycles. The maximum Gasteiger partial charge on any atom is 0.407 e. The van der Waals surface area contributed by atoms with E-state index in [0.29, 0.717) is 13.2 Å². The van der Waals surface area contributed by atoms with E-state index >= 15 is 0 Å². The molecule has 4 nitrogen and oxygen atoms in total. The van der Waals surface area contributed by atoms with Crippen molar-refractivity contribution in [2.75, 3.05) is 13.2 Å². The predicted molar refractivity (Wildman–Crippen MR) is 68.0 cm³/mol. The molecule has 0 spiro atoms. The molecule has 18 heavy (non-hydrogen) atoms. The largest absolute Gasteiger partial charge is 0.445 e. The second-order valence-corrected chi connectivity index (χ2v) is 4.89. The maximum atomic E-state index is 11.5. The Morgan fingerprint density at radius 3 is 2.67 bits per heavy atom. The molecule has 1 fully saturated rings. The number of hydrogen-bond donors (Lipinski definition) is 2. The van der Waals surface area contributed by atoms with E-state index in [1.54, 1.807) is 0 Å². The van der Waals surface area contributed by atoms with Crippen molar-refractivity contribution in [2.45, 2.75) is 25.9 Å². The first-order valence-corrected chi connectivity index (χ1v) is 6.30. The van der Waals surface area contributed by atoms with Crippen LogP contribution in [0.2, 0.25) is 0 Å². The standard InChI is InChI=1S/C14H19NO3/c16-9-8-14(6-7-14)11-15-13(17)18-10-12-4-2-1-3-5-12/h1-5,16H,6-11H2,(H,15,17). The van der Waals surface area contributed by atoms with Gasteiger partial charge in [-0.1, -0.05) is 30.3 Å². The Hall–Kier alpha value is -1.55. The Labute approximate surface area is 107 Å². The average Bonchev–Trinajstić information content (AvgIpc) is 3.16. The van der Waals surface area contributed by atoms with Gasteiger partial charge < -0.3 is 15.2 Å². The van der Waals surface area contributed by atoms with Crippen LogP contribution in [0.15, 0.2) is 30.3 Å². The van der Waals surface area contributed by atoms with Gasteiger partial charge in [0.05, 0.1) is 0 Å². The van der Waals surface area contributed by atoms with Crippen molar-refractivity contribution >= 4 is 6.09 Å². The Morgan fingerprint density at radius 1 is 1.33 bits per heavy atom. The molecular weight excluding hydrogens is 230 g/mol. The number of carbonyl (C=O) groups excluding carboxylic acids is 1. The second-order valence-electron chi connectivity index (χ2n) is 4.89. The molecule has 0 bridgehead atoms. The number of rotatable bonds is 6. The van der Waals surface area contributed by atoms with Crippen molar-refractivity contribution in [3.63, 3.8) is 0 Å². The third-order valence-electron chi connectivity index (χ3n) is 3.42. The summed E-state index contributed by atoms with van der Waals surface area (Å²) in [6.45, 7) is 1.07. The van der Waals surface area contributed by atoms with Gasteiger partial charge in [0.1, 0.15) is 6.61 Å². The smallest absolute Gasteiger partial charge is 0.407 e. The summed E-state index contributed by atoms with van der Waals surface area (Å²) in [6, 6.07) is 9.59. The third-order valence-corrected chi connectivity index (χ3v) is 3.42. The first-order valence-electron chi connectivity index (χ1n) is 6.30. The molecule has 1 amide bonds. The minimum absolute atomic E-state index is 0.126. The van der Waals surface area contributed by atoms with E-state index in [1.165, 1.54) is 0 Å². The normalized spacial score (nSPS) is 16.1. The van der Waals surface area contributed by atoms with Gasteiger partial charge in [0, 0.05) is 13.2 Å². The van der Waals surface area contributed by atoms with E-state index in [-0.39, 0.29) is 18.1 Å². The summed E-state index contributed by atoms with van der Waals surface area (Å²) in [6.07, 6.45) is 2.52. The lowest BCUT2D eigenvalue weighted by Crippen LogP contribution is -2.31. The van der Waals surface area contributed by atoms with Crippen molar-refractivity contribution < 1.29 is 14.6 Å². The number of hydrogen-bond acceptors (Lipinski definition) is 3. The minimum atomic E-state index is -0.386. The fraction of sp³-hybridized carbons (Fsp3) is 0.500. The minimum Gasteiger partial charge on any atom is -0.445 e. The summed E-state index contributed by atoms with van der Waals surface area (Å²) < 4.78 is 5.12. The molecule has 1 aromatic rings. The van der Waals surface area contributed by atoms with Crippen LogP contribution in [-0.2, 0) is 11.3 Å². The number of aliphatic hydroxyl groups is 1. The van der Waals surface area contributed by atoms with Gasteiger partial charge in [-0.3, -0.25) is 0 Å². The van der Waals surface area contributed by atoms with E-state index in [2.05, 4.69) is 5.32 Å².